The van der Waals surface area contributed by atoms with E-state index in [0.717, 1.165) is 17.0 Å². The van der Waals surface area contributed by atoms with E-state index in [1.807, 2.05) is 30.3 Å². The second kappa shape index (κ2) is 7.43. The van der Waals surface area contributed by atoms with Gasteiger partial charge >= 0.3 is 0 Å². The van der Waals surface area contributed by atoms with Gasteiger partial charge in [-0.15, -0.1) is 5.10 Å². The second-order valence-corrected chi connectivity index (χ2v) is 9.33. The first-order valence-corrected chi connectivity index (χ1v) is 11.0. The summed E-state index contributed by atoms with van der Waals surface area (Å²) >= 11 is 0. The van der Waals surface area contributed by atoms with Gasteiger partial charge in [-0.2, -0.15) is 0 Å². The van der Waals surface area contributed by atoms with Gasteiger partial charge in [0.1, 0.15) is 12.1 Å². The number of rotatable bonds is 5. The molecular weight excluding hydrogens is 394 g/mol. The second-order valence-electron chi connectivity index (χ2n) is 7.11. The van der Waals surface area contributed by atoms with Crippen molar-refractivity contribution in [2.24, 2.45) is 5.92 Å². The van der Waals surface area contributed by atoms with Crippen LogP contribution in [0.1, 0.15) is 25.2 Å². The number of hydrogen-bond donors (Lipinski definition) is 1. The summed E-state index contributed by atoms with van der Waals surface area (Å²) in [5.41, 5.74) is 2.26. The number of ether oxygens (including phenoxy) is 1. The topological polar surface area (TPSA) is 116 Å². The van der Waals surface area contributed by atoms with Crippen molar-refractivity contribution in [1.82, 2.24) is 24.9 Å². The highest BCUT2D eigenvalue weighted by molar-refractivity contribution is 7.91. The minimum Gasteiger partial charge on any atom is -0.497 e. The molecule has 1 unspecified atom stereocenters. The number of fused-ring (bicyclic) bond motifs is 1. The van der Waals surface area contributed by atoms with Crippen molar-refractivity contribution in [3.05, 3.63) is 42.5 Å². The SMILES string of the molecule is COc1ccc(-c2cc3nc([C@H](C)NC(=O)C4CCS(=O)(=O)C4)nn3cn2)cc1. The fraction of sp³-hybridized carbons (Fsp3) is 0.368. The Morgan fingerprint density at radius 2 is 2.07 bits per heavy atom. The molecule has 4 rings (SSSR count). The van der Waals surface area contributed by atoms with E-state index in [-0.39, 0.29) is 17.4 Å². The summed E-state index contributed by atoms with van der Waals surface area (Å²) in [5.74, 6) is 0.370. The largest absolute Gasteiger partial charge is 0.497 e. The molecule has 1 fully saturated rings. The van der Waals surface area contributed by atoms with Gasteiger partial charge in [-0.1, -0.05) is 0 Å². The van der Waals surface area contributed by atoms with E-state index in [1.54, 1.807) is 24.9 Å². The van der Waals surface area contributed by atoms with Gasteiger partial charge in [0.05, 0.1) is 36.3 Å². The summed E-state index contributed by atoms with van der Waals surface area (Å²) in [6, 6.07) is 8.90. The first-order valence-electron chi connectivity index (χ1n) is 9.22. The van der Waals surface area contributed by atoms with Crippen molar-refractivity contribution in [1.29, 1.82) is 0 Å². The van der Waals surface area contributed by atoms with E-state index in [0.29, 0.717) is 17.9 Å². The number of carbonyl (C=O) groups is 1. The third-order valence-electron chi connectivity index (χ3n) is 4.98. The fourth-order valence-electron chi connectivity index (χ4n) is 3.31. The molecule has 1 saturated heterocycles. The number of aromatic nitrogens is 4. The van der Waals surface area contributed by atoms with E-state index in [4.69, 9.17) is 4.74 Å². The minimum atomic E-state index is -3.11. The Morgan fingerprint density at radius 1 is 1.31 bits per heavy atom. The fourth-order valence-corrected chi connectivity index (χ4v) is 5.05. The van der Waals surface area contributed by atoms with Crippen molar-refractivity contribution < 1.29 is 17.9 Å². The highest BCUT2D eigenvalue weighted by Gasteiger charge is 2.33. The average molecular weight is 415 g/mol. The number of benzene rings is 1. The number of amides is 1. The van der Waals surface area contributed by atoms with Crippen LogP contribution in [-0.2, 0) is 14.6 Å². The molecule has 10 heteroatoms. The van der Waals surface area contributed by atoms with E-state index < -0.39 is 21.8 Å². The molecule has 29 heavy (non-hydrogen) atoms. The van der Waals surface area contributed by atoms with Gasteiger partial charge in [0.15, 0.2) is 21.3 Å². The Kier molecular flexibility index (Phi) is 4.95. The Balaban J connectivity index is 1.51. The molecule has 1 aromatic carbocycles. The molecule has 152 valence electrons. The van der Waals surface area contributed by atoms with Gasteiger partial charge in [-0.3, -0.25) is 4.79 Å². The van der Waals surface area contributed by atoms with Crippen LogP contribution < -0.4 is 10.1 Å². The molecule has 2 aromatic heterocycles. The lowest BCUT2D eigenvalue weighted by Crippen LogP contribution is -2.33. The van der Waals surface area contributed by atoms with Crippen LogP contribution in [0.2, 0.25) is 0 Å². The maximum Gasteiger partial charge on any atom is 0.224 e. The van der Waals surface area contributed by atoms with Crippen molar-refractivity contribution in [2.45, 2.75) is 19.4 Å². The van der Waals surface area contributed by atoms with Crippen molar-refractivity contribution in [3.8, 4) is 17.0 Å². The number of carbonyl (C=O) groups excluding carboxylic acids is 1. The third kappa shape index (κ3) is 4.07. The predicted molar refractivity (Wildman–Crippen MR) is 106 cm³/mol. The summed E-state index contributed by atoms with van der Waals surface area (Å²) in [7, 11) is -1.50. The maximum atomic E-state index is 12.4. The summed E-state index contributed by atoms with van der Waals surface area (Å²) in [6.45, 7) is 1.77. The summed E-state index contributed by atoms with van der Waals surface area (Å²) in [5, 5.41) is 7.19. The zero-order valence-corrected chi connectivity index (χ0v) is 16.9. The number of hydrogen-bond acceptors (Lipinski definition) is 7. The van der Waals surface area contributed by atoms with E-state index in [2.05, 4.69) is 20.4 Å². The lowest BCUT2D eigenvalue weighted by atomic mass is 10.1. The van der Waals surface area contributed by atoms with Crippen molar-refractivity contribution in [3.63, 3.8) is 0 Å². The molecule has 0 radical (unpaired) electrons. The Labute approximate surface area is 168 Å². The highest BCUT2D eigenvalue weighted by Crippen LogP contribution is 2.22. The summed E-state index contributed by atoms with van der Waals surface area (Å²) in [4.78, 5) is 21.3. The molecule has 2 atom stereocenters. The molecule has 0 aliphatic carbocycles. The molecule has 1 N–H and O–H groups in total. The lowest BCUT2D eigenvalue weighted by molar-refractivity contribution is -0.124. The van der Waals surface area contributed by atoms with Gasteiger partial charge in [-0.05, 0) is 37.6 Å². The minimum absolute atomic E-state index is 0.0614. The molecule has 3 heterocycles. The van der Waals surface area contributed by atoms with Gasteiger partial charge in [0.2, 0.25) is 5.91 Å². The first kappa shape index (κ1) is 19.3. The van der Waals surface area contributed by atoms with Crippen molar-refractivity contribution >= 4 is 21.4 Å². The summed E-state index contributed by atoms with van der Waals surface area (Å²) < 4.78 is 29.9. The number of nitrogens with one attached hydrogen (secondary N) is 1. The van der Waals surface area contributed by atoms with E-state index >= 15 is 0 Å². The molecule has 1 amide bonds. The van der Waals surface area contributed by atoms with Crippen LogP contribution in [0, 0.1) is 5.92 Å². The van der Waals surface area contributed by atoms with Crippen LogP contribution in [0.5, 0.6) is 5.75 Å². The van der Waals surface area contributed by atoms with Gasteiger partial charge < -0.3 is 10.1 Å². The van der Waals surface area contributed by atoms with Crippen LogP contribution in [-0.4, -0.2) is 52.5 Å². The Hall–Kier alpha value is -3.01. The zero-order chi connectivity index (χ0) is 20.6. The third-order valence-corrected chi connectivity index (χ3v) is 6.75. The molecule has 3 aromatic rings. The van der Waals surface area contributed by atoms with Crippen LogP contribution in [0.15, 0.2) is 36.7 Å². The molecule has 1 aliphatic rings. The van der Waals surface area contributed by atoms with Gasteiger partial charge in [-0.25, -0.2) is 22.9 Å². The average Bonchev–Trinajstić information content (AvgIpc) is 3.30. The van der Waals surface area contributed by atoms with Crippen LogP contribution in [0.4, 0.5) is 0 Å². The molecule has 0 saturated carbocycles. The van der Waals surface area contributed by atoms with Gasteiger partial charge in [0, 0.05) is 11.6 Å². The monoisotopic (exact) mass is 415 g/mol. The first-order chi connectivity index (χ1) is 13.8. The highest BCUT2D eigenvalue weighted by atomic mass is 32.2. The molecule has 1 aliphatic heterocycles. The number of nitrogens with zero attached hydrogens (tertiary/aromatic N) is 4. The smallest absolute Gasteiger partial charge is 0.224 e. The normalized spacial score (nSPS) is 19.2. The van der Waals surface area contributed by atoms with E-state index in [9.17, 15) is 13.2 Å². The van der Waals surface area contributed by atoms with Crippen LogP contribution >= 0.6 is 0 Å². The molecular formula is C19H21N5O4S. The van der Waals surface area contributed by atoms with Crippen LogP contribution in [0.25, 0.3) is 16.9 Å². The number of methoxy groups -OCH3 is 1. The predicted octanol–water partition coefficient (Wildman–Crippen LogP) is 1.41. The van der Waals surface area contributed by atoms with Crippen molar-refractivity contribution in [2.75, 3.05) is 18.6 Å². The Bertz CT molecular complexity index is 1160. The quantitative estimate of drug-likeness (QED) is 0.670. The Morgan fingerprint density at radius 3 is 2.72 bits per heavy atom. The lowest BCUT2D eigenvalue weighted by Gasteiger charge is -2.13. The number of sulfone groups is 1. The van der Waals surface area contributed by atoms with E-state index in [1.165, 1.54) is 0 Å². The van der Waals surface area contributed by atoms with Gasteiger partial charge in [0.25, 0.3) is 0 Å². The standard InChI is InChI=1S/C19H21N5O4S/c1-12(21-19(25)14-7-8-29(26,27)10-14)18-22-17-9-16(20-11-24(17)23-18)13-3-5-15(28-2)6-4-13/h3-6,9,11-12,14H,7-8,10H2,1-2H3,(H,21,25)/t12-,14?/m0/s1. The zero-order valence-electron chi connectivity index (χ0n) is 16.1. The molecule has 0 bridgehead atoms. The molecule has 9 nitrogen and oxygen atoms in total. The van der Waals surface area contributed by atoms with Crippen LogP contribution in [0.3, 0.4) is 0 Å². The molecule has 0 spiro atoms. The summed E-state index contributed by atoms with van der Waals surface area (Å²) in [6.07, 6.45) is 1.93. The maximum absolute atomic E-state index is 12.4.